The molecule has 1 unspecified atom stereocenters. The number of amides is 2. The van der Waals surface area contributed by atoms with E-state index in [-0.39, 0.29) is 11.6 Å². The van der Waals surface area contributed by atoms with Crippen molar-refractivity contribution < 1.29 is 19.1 Å². The number of hydrogen-bond acceptors (Lipinski definition) is 2. The summed E-state index contributed by atoms with van der Waals surface area (Å²) in [6.07, 6.45) is 1.16. The number of nitrogens with zero attached hydrogens (tertiary/aromatic N) is 1. The average Bonchev–Trinajstić information content (AvgIpc) is 2.43. The molecule has 1 aromatic carbocycles. The number of piperidine rings is 1. The van der Waals surface area contributed by atoms with Crippen molar-refractivity contribution in [2.24, 2.45) is 5.41 Å². The van der Waals surface area contributed by atoms with Gasteiger partial charge < -0.3 is 15.3 Å². The van der Waals surface area contributed by atoms with Gasteiger partial charge in [0.05, 0.1) is 10.4 Å². The van der Waals surface area contributed by atoms with E-state index < -0.39 is 23.2 Å². The number of halogens is 2. The number of carboxylic acid groups (broad SMARTS) is 1. The molecule has 1 aromatic rings. The maximum Gasteiger partial charge on any atom is 0.321 e. The molecule has 2 rings (SSSR count). The molecule has 21 heavy (non-hydrogen) atoms. The molecular weight excluding hydrogens is 299 g/mol. The van der Waals surface area contributed by atoms with Crippen molar-refractivity contribution in [3.63, 3.8) is 0 Å². The number of nitrogens with one attached hydrogen (secondary N) is 1. The molecule has 0 spiro atoms. The quantitative estimate of drug-likeness (QED) is 0.880. The number of aliphatic carboxylic acids is 1. The van der Waals surface area contributed by atoms with E-state index >= 15 is 0 Å². The Hall–Kier alpha value is -1.82. The van der Waals surface area contributed by atoms with Crippen molar-refractivity contribution in [3.8, 4) is 0 Å². The molecule has 0 aliphatic carbocycles. The van der Waals surface area contributed by atoms with Crippen LogP contribution < -0.4 is 5.32 Å². The average molecular weight is 315 g/mol. The van der Waals surface area contributed by atoms with Gasteiger partial charge in [0.2, 0.25) is 0 Å². The third-order valence-electron chi connectivity index (χ3n) is 3.67. The van der Waals surface area contributed by atoms with E-state index in [9.17, 15) is 19.1 Å². The van der Waals surface area contributed by atoms with Gasteiger partial charge in [-0.3, -0.25) is 4.79 Å². The van der Waals surface area contributed by atoms with Gasteiger partial charge in [0.15, 0.2) is 0 Å². The van der Waals surface area contributed by atoms with Crippen molar-refractivity contribution in [2.75, 3.05) is 18.4 Å². The zero-order valence-electron chi connectivity index (χ0n) is 11.5. The third-order valence-corrected chi connectivity index (χ3v) is 3.96. The third kappa shape index (κ3) is 3.44. The van der Waals surface area contributed by atoms with Crippen molar-refractivity contribution in [2.45, 2.75) is 19.8 Å². The van der Waals surface area contributed by atoms with Crippen LogP contribution in [-0.4, -0.2) is 35.1 Å². The highest BCUT2D eigenvalue weighted by atomic mass is 35.5. The Morgan fingerprint density at radius 1 is 1.48 bits per heavy atom. The summed E-state index contributed by atoms with van der Waals surface area (Å²) in [4.78, 5) is 24.9. The smallest absolute Gasteiger partial charge is 0.321 e. The van der Waals surface area contributed by atoms with Crippen molar-refractivity contribution in [1.29, 1.82) is 0 Å². The summed E-state index contributed by atoms with van der Waals surface area (Å²) >= 11 is 5.65. The van der Waals surface area contributed by atoms with Crippen molar-refractivity contribution in [1.82, 2.24) is 4.90 Å². The Morgan fingerprint density at radius 2 is 2.19 bits per heavy atom. The Kier molecular flexibility index (Phi) is 4.37. The highest BCUT2D eigenvalue weighted by Gasteiger charge is 2.39. The van der Waals surface area contributed by atoms with Gasteiger partial charge in [-0.05, 0) is 38.0 Å². The minimum absolute atomic E-state index is 0.0816. The second kappa shape index (κ2) is 5.89. The SMILES string of the molecule is CC1(C(=O)O)CCCN(C(=O)Nc2ccc(F)c(Cl)c2)C1. The molecule has 1 atom stereocenters. The van der Waals surface area contributed by atoms with Crippen LogP contribution >= 0.6 is 11.6 Å². The highest BCUT2D eigenvalue weighted by molar-refractivity contribution is 6.31. The molecule has 1 fully saturated rings. The molecule has 0 bridgehead atoms. The van der Waals surface area contributed by atoms with Crippen molar-refractivity contribution in [3.05, 3.63) is 29.0 Å². The first-order chi connectivity index (χ1) is 9.82. The van der Waals surface area contributed by atoms with Crippen LogP contribution in [0, 0.1) is 11.2 Å². The Labute approximate surface area is 126 Å². The number of carbonyl (C=O) groups excluding carboxylic acids is 1. The minimum Gasteiger partial charge on any atom is -0.481 e. The van der Waals surface area contributed by atoms with Gasteiger partial charge >= 0.3 is 12.0 Å². The highest BCUT2D eigenvalue weighted by Crippen LogP contribution is 2.30. The molecule has 2 amide bonds. The first kappa shape index (κ1) is 15.6. The van der Waals surface area contributed by atoms with Crippen LogP contribution in [0.3, 0.4) is 0 Å². The van der Waals surface area contributed by atoms with Crippen molar-refractivity contribution >= 4 is 29.3 Å². The summed E-state index contributed by atoms with van der Waals surface area (Å²) in [5.41, 5.74) is -0.565. The van der Waals surface area contributed by atoms with E-state index in [1.165, 1.54) is 17.0 Å². The van der Waals surface area contributed by atoms with Gasteiger partial charge in [0, 0.05) is 18.8 Å². The summed E-state index contributed by atoms with van der Waals surface area (Å²) in [6, 6.07) is 3.47. The van der Waals surface area contributed by atoms with E-state index in [1.54, 1.807) is 6.92 Å². The molecule has 1 aliphatic rings. The molecule has 114 valence electrons. The summed E-state index contributed by atoms with van der Waals surface area (Å²) in [7, 11) is 0. The Balaban J connectivity index is 2.06. The minimum atomic E-state index is -0.934. The largest absolute Gasteiger partial charge is 0.481 e. The van der Waals surface area contributed by atoms with Crippen LogP contribution in [0.25, 0.3) is 0 Å². The predicted octanol–water partition coefficient (Wildman–Crippen LogP) is 3.20. The number of carbonyl (C=O) groups is 2. The molecule has 0 aromatic heterocycles. The van der Waals surface area contributed by atoms with E-state index in [0.717, 1.165) is 6.07 Å². The Bertz CT molecular complexity index is 581. The van der Waals surface area contributed by atoms with Gasteiger partial charge in [-0.2, -0.15) is 0 Å². The molecule has 1 heterocycles. The molecule has 2 N–H and O–H groups in total. The molecule has 0 saturated carbocycles. The second-order valence-corrected chi connectivity index (χ2v) is 5.86. The van der Waals surface area contributed by atoms with E-state index in [0.29, 0.717) is 25.1 Å². The summed E-state index contributed by atoms with van der Waals surface area (Å²) in [6.45, 7) is 2.26. The van der Waals surface area contributed by atoms with E-state index in [4.69, 9.17) is 11.6 Å². The lowest BCUT2D eigenvalue weighted by Gasteiger charge is -2.37. The molecule has 1 saturated heterocycles. The topological polar surface area (TPSA) is 69.6 Å². The van der Waals surface area contributed by atoms with Crippen LogP contribution in [0.15, 0.2) is 18.2 Å². The van der Waals surface area contributed by atoms with Gasteiger partial charge in [0.25, 0.3) is 0 Å². The molecule has 0 radical (unpaired) electrons. The number of anilines is 1. The van der Waals surface area contributed by atoms with Crippen LogP contribution in [-0.2, 0) is 4.79 Å². The lowest BCUT2D eigenvalue weighted by Crippen LogP contribution is -2.49. The fourth-order valence-electron chi connectivity index (χ4n) is 2.36. The summed E-state index contributed by atoms with van der Waals surface area (Å²) in [5.74, 6) is -1.48. The fourth-order valence-corrected chi connectivity index (χ4v) is 2.54. The van der Waals surface area contributed by atoms with Gasteiger partial charge in [-0.1, -0.05) is 11.6 Å². The number of likely N-dealkylation sites (tertiary alicyclic amines) is 1. The lowest BCUT2D eigenvalue weighted by molar-refractivity contribution is -0.150. The first-order valence-corrected chi connectivity index (χ1v) is 6.94. The number of benzene rings is 1. The van der Waals surface area contributed by atoms with E-state index in [2.05, 4.69) is 5.32 Å². The van der Waals surface area contributed by atoms with Gasteiger partial charge in [0.1, 0.15) is 5.82 Å². The van der Waals surface area contributed by atoms with Crippen LogP contribution in [0.5, 0.6) is 0 Å². The van der Waals surface area contributed by atoms with Crippen LogP contribution in [0.4, 0.5) is 14.9 Å². The first-order valence-electron chi connectivity index (χ1n) is 6.56. The van der Waals surface area contributed by atoms with Gasteiger partial charge in [-0.25, -0.2) is 9.18 Å². The number of hydrogen-bond donors (Lipinski definition) is 2. The number of urea groups is 1. The van der Waals surface area contributed by atoms with E-state index in [1.807, 2.05) is 0 Å². The monoisotopic (exact) mass is 314 g/mol. The standard InChI is InChI=1S/C14H16ClFN2O3/c1-14(12(19)20)5-2-6-18(8-14)13(21)17-9-3-4-11(16)10(15)7-9/h3-4,7H,2,5-6,8H2,1H3,(H,17,21)(H,19,20). The van der Waals surface area contributed by atoms with Crippen LogP contribution in [0.1, 0.15) is 19.8 Å². The normalized spacial score (nSPS) is 22.0. The molecule has 1 aliphatic heterocycles. The number of carboxylic acids is 1. The zero-order chi connectivity index (χ0) is 15.6. The molecule has 5 nitrogen and oxygen atoms in total. The maximum absolute atomic E-state index is 13.1. The summed E-state index contributed by atoms with van der Waals surface area (Å²) < 4.78 is 13.1. The number of rotatable bonds is 2. The lowest BCUT2D eigenvalue weighted by atomic mass is 9.82. The van der Waals surface area contributed by atoms with Gasteiger partial charge in [-0.15, -0.1) is 0 Å². The summed E-state index contributed by atoms with van der Waals surface area (Å²) in [5, 5.41) is 11.8. The molecular formula is C14H16ClFN2O3. The Morgan fingerprint density at radius 3 is 2.81 bits per heavy atom. The molecule has 7 heteroatoms. The second-order valence-electron chi connectivity index (χ2n) is 5.45. The fraction of sp³-hybridized carbons (Fsp3) is 0.429. The predicted molar refractivity (Wildman–Crippen MR) is 77.0 cm³/mol. The maximum atomic E-state index is 13.1. The van der Waals surface area contributed by atoms with Crippen LogP contribution in [0.2, 0.25) is 5.02 Å². The zero-order valence-corrected chi connectivity index (χ0v) is 12.3.